The van der Waals surface area contributed by atoms with Crippen LogP contribution in [-0.4, -0.2) is 33.0 Å². The lowest BCUT2D eigenvalue weighted by molar-refractivity contribution is -0.00712. The van der Waals surface area contributed by atoms with Gasteiger partial charge in [0.25, 0.3) is 0 Å². The van der Waals surface area contributed by atoms with E-state index in [-0.39, 0.29) is 5.60 Å². The lowest BCUT2D eigenvalue weighted by atomic mass is 9.94. The van der Waals surface area contributed by atoms with Gasteiger partial charge in [0.1, 0.15) is 6.33 Å². The van der Waals surface area contributed by atoms with E-state index >= 15 is 0 Å². The zero-order valence-electron chi connectivity index (χ0n) is 10.2. The molecular weight excluding hydrogens is 204 g/mol. The predicted molar refractivity (Wildman–Crippen MR) is 60.9 cm³/mol. The Morgan fingerprint density at radius 3 is 3.06 bits per heavy atom. The first kappa shape index (κ1) is 11.5. The van der Waals surface area contributed by atoms with Crippen molar-refractivity contribution in [1.29, 1.82) is 0 Å². The topological polar surface area (TPSA) is 52.0 Å². The summed E-state index contributed by atoms with van der Waals surface area (Å²) in [6, 6.07) is 0.318. The fourth-order valence-corrected chi connectivity index (χ4v) is 2.07. The molecule has 0 aliphatic carbocycles. The van der Waals surface area contributed by atoms with Crippen LogP contribution in [0.25, 0.3) is 0 Å². The molecule has 1 aliphatic heterocycles. The van der Waals surface area contributed by atoms with E-state index in [0.29, 0.717) is 12.6 Å². The van der Waals surface area contributed by atoms with Gasteiger partial charge in [-0.25, -0.2) is 4.98 Å². The second kappa shape index (κ2) is 4.51. The van der Waals surface area contributed by atoms with E-state index in [2.05, 4.69) is 29.2 Å². The molecule has 1 aromatic rings. The molecule has 1 aliphatic rings. The molecule has 0 spiro atoms. The maximum atomic E-state index is 5.79. The van der Waals surface area contributed by atoms with Crippen molar-refractivity contribution in [2.75, 3.05) is 6.61 Å². The van der Waals surface area contributed by atoms with E-state index < -0.39 is 0 Å². The smallest absolute Gasteiger partial charge is 0.164 e. The van der Waals surface area contributed by atoms with Crippen LogP contribution in [0.15, 0.2) is 6.33 Å². The Morgan fingerprint density at radius 2 is 2.50 bits per heavy atom. The molecule has 0 amide bonds. The van der Waals surface area contributed by atoms with Gasteiger partial charge in [0.15, 0.2) is 5.82 Å². The molecule has 1 saturated heterocycles. The molecular formula is C11H20N4O. The van der Waals surface area contributed by atoms with Gasteiger partial charge in [0, 0.05) is 19.7 Å². The summed E-state index contributed by atoms with van der Waals surface area (Å²) in [6.45, 7) is 5.91. The average molecular weight is 224 g/mol. The van der Waals surface area contributed by atoms with Gasteiger partial charge >= 0.3 is 0 Å². The fraction of sp³-hybridized carbons (Fsp3) is 0.818. The largest absolute Gasteiger partial charge is 0.374 e. The number of hydrogen-bond acceptors (Lipinski definition) is 4. The minimum Gasteiger partial charge on any atom is -0.374 e. The minimum absolute atomic E-state index is 0.0330. The highest BCUT2D eigenvalue weighted by molar-refractivity contribution is 4.91. The van der Waals surface area contributed by atoms with Gasteiger partial charge < -0.3 is 10.1 Å². The van der Waals surface area contributed by atoms with Gasteiger partial charge in [-0.1, -0.05) is 0 Å². The maximum absolute atomic E-state index is 5.79. The highest BCUT2D eigenvalue weighted by Crippen LogP contribution is 2.28. The number of nitrogens with one attached hydrogen (secondary N) is 1. The normalized spacial score (nSPS) is 27.2. The number of rotatable bonds is 4. The molecule has 2 rings (SSSR count). The fourth-order valence-electron chi connectivity index (χ4n) is 2.07. The third-order valence-electron chi connectivity index (χ3n) is 3.38. The highest BCUT2D eigenvalue weighted by atomic mass is 16.5. The Labute approximate surface area is 96.2 Å². The van der Waals surface area contributed by atoms with Crippen LogP contribution in [0.5, 0.6) is 0 Å². The number of aryl methyl sites for hydroxylation is 1. The Hall–Kier alpha value is -0.940. The summed E-state index contributed by atoms with van der Waals surface area (Å²) in [5.41, 5.74) is -0.0330. The van der Waals surface area contributed by atoms with Gasteiger partial charge in [-0.15, -0.1) is 0 Å². The summed E-state index contributed by atoms with van der Waals surface area (Å²) < 4.78 is 7.51. The quantitative estimate of drug-likeness (QED) is 0.824. The Morgan fingerprint density at radius 1 is 1.69 bits per heavy atom. The van der Waals surface area contributed by atoms with Crippen molar-refractivity contribution in [3.8, 4) is 0 Å². The summed E-state index contributed by atoms with van der Waals surface area (Å²) in [5.74, 6) is 0.830. The number of ether oxygens (including phenoxy) is 1. The first-order valence-electron chi connectivity index (χ1n) is 5.82. The van der Waals surface area contributed by atoms with Gasteiger partial charge in [-0.3, -0.25) is 4.68 Å². The molecule has 0 bridgehead atoms. The van der Waals surface area contributed by atoms with Crippen LogP contribution in [0.1, 0.15) is 32.5 Å². The molecule has 0 saturated carbocycles. The molecule has 0 radical (unpaired) electrons. The molecule has 2 unspecified atom stereocenters. The minimum atomic E-state index is -0.0330. The lowest BCUT2D eigenvalue weighted by Gasteiger charge is -2.31. The zero-order valence-corrected chi connectivity index (χ0v) is 10.2. The van der Waals surface area contributed by atoms with Crippen molar-refractivity contribution >= 4 is 0 Å². The molecule has 0 aromatic carbocycles. The second-order valence-corrected chi connectivity index (χ2v) is 4.70. The van der Waals surface area contributed by atoms with Crippen molar-refractivity contribution in [2.24, 2.45) is 7.05 Å². The van der Waals surface area contributed by atoms with Gasteiger partial charge in [-0.2, -0.15) is 5.10 Å². The van der Waals surface area contributed by atoms with Crippen LogP contribution < -0.4 is 5.32 Å². The van der Waals surface area contributed by atoms with E-state index in [4.69, 9.17) is 4.74 Å². The Kier molecular flexibility index (Phi) is 3.25. The van der Waals surface area contributed by atoms with Crippen molar-refractivity contribution in [2.45, 2.75) is 44.9 Å². The van der Waals surface area contributed by atoms with Gasteiger partial charge in [-0.05, 0) is 26.7 Å². The van der Waals surface area contributed by atoms with Crippen molar-refractivity contribution in [3.05, 3.63) is 12.2 Å². The van der Waals surface area contributed by atoms with Crippen LogP contribution in [0.2, 0.25) is 0 Å². The molecule has 1 aromatic heterocycles. The van der Waals surface area contributed by atoms with Gasteiger partial charge in [0.05, 0.1) is 12.1 Å². The third-order valence-corrected chi connectivity index (χ3v) is 3.38. The SMILES string of the molecule is CC(NCc1ncn(C)n1)C1(C)CCCO1. The summed E-state index contributed by atoms with van der Waals surface area (Å²) in [6.07, 6.45) is 4.00. The van der Waals surface area contributed by atoms with E-state index in [1.165, 1.54) is 0 Å². The Bertz CT molecular complexity index is 344. The van der Waals surface area contributed by atoms with Crippen LogP contribution >= 0.6 is 0 Å². The summed E-state index contributed by atoms with van der Waals surface area (Å²) in [7, 11) is 1.88. The molecule has 5 heteroatoms. The van der Waals surface area contributed by atoms with Crippen molar-refractivity contribution in [1.82, 2.24) is 20.1 Å². The van der Waals surface area contributed by atoms with Crippen LogP contribution in [0.4, 0.5) is 0 Å². The summed E-state index contributed by atoms with van der Waals surface area (Å²) in [4.78, 5) is 4.19. The second-order valence-electron chi connectivity index (χ2n) is 4.70. The maximum Gasteiger partial charge on any atom is 0.164 e. The first-order chi connectivity index (χ1) is 7.60. The van der Waals surface area contributed by atoms with Crippen LogP contribution in [0, 0.1) is 0 Å². The summed E-state index contributed by atoms with van der Waals surface area (Å²) in [5, 5.41) is 7.67. The number of hydrogen-bond donors (Lipinski definition) is 1. The van der Waals surface area contributed by atoms with Crippen molar-refractivity contribution < 1.29 is 4.74 Å². The molecule has 90 valence electrons. The third kappa shape index (κ3) is 2.41. The first-order valence-corrected chi connectivity index (χ1v) is 5.82. The van der Waals surface area contributed by atoms with Crippen LogP contribution in [-0.2, 0) is 18.3 Å². The average Bonchev–Trinajstić information content (AvgIpc) is 2.85. The van der Waals surface area contributed by atoms with Gasteiger partial charge in [0.2, 0.25) is 0 Å². The molecule has 1 fully saturated rings. The number of nitrogens with zero attached hydrogens (tertiary/aromatic N) is 3. The summed E-state index contributed by atoms with van der Waals surface area (Å²) >= 11 is 0. The van der Waals surface area contributed by atoms with E-state index in [0.717, 1.165) is 25.3 Å². The molecule has 2 heterocycles. The lowest BCUT2D eigenvalue weighted by Crippen LogP contribution is -2.46. The van der Waals surface area contributed by atoms with E-state index in [1.807, 2.05) is 7.05 Å². The van der Waals surface area contributed by atoms with Crippen LogP contribution in [0.3, 0.4) is 0 Å². The predicted octanol–water partition coefficient (Wildman–Crippen LogP) is 0.862. The van der Waals surface area contributed by atoms with E-state index in [1.54, 1.807) is 11.0 Å². The number of aromatic nitrogens is 3. The zero-order chi connectivity index (χ0) is 11.6. The standard InChI is InChI=1S/C11H20N4O/c1-9(11(2)5-4-6-16-11)12-7-10-13-8-15(3)14-10/h8-9,12H,4-7H2,1-3H3. The highest BCUT2D eigenvalue weighted by Gasteiger charge is 2.35. The van der Waals surface area contributed by atoms with E-state index in [9.17, 15) is 0 Å². The molecule has 2 atom stereocenters. The molecule has 5 nitrogen and oxygen atoms in total. The molecule has 16 heavy (non-hydrogen) atoms. The monoisotopic (exact) mass is 224 g/mol. The molecule has 1 N–H and O–H groups in total. The van der Waals surface area contributed by atoms with Crippen molar-refractivity contribution in [3.63, 3.8) is 0 Å². The Balaban J connectivity index is 1.85.